The second-order valence-corrected chi connectivity index (χ2v) is 6.56. The molecule has 1 atom stereocenters. The lowest BCUT2D eigenvalue weighted by Gasteiger charge is -2.21. The van der Waals surface area contributed by atoms with Gasteiger partial charge in [0.2, 0.25) is 0 Å². The van der Waals surface area contributed by atoms with Gasteiger partial charge in [-0.25, -0.2) is 9.97 Å². The van der Waals surface area contributed by atoms with Crippen molar-refractivity contribution in [2.45, 2.75) is 12.6 Å². The van der Waals surface area contributed by atoms with E-state index >= 15 is 0 Å². The fraction of sp³-hybridized carbons (Fsp3) is 0.105. The minimum atomic E-state index is -0.0840. The summed E-state index contributed by atoms with van der Waals surface area (Å²) in [6, 6.07) is 17.2. The summed E-state index contributed by atoms with van der Waals surface area (Å²) in [5.74, 6) is 0.782. The van der Waals surface area contributed by atoms with E-state index in [1.807, 2.05) is 35.7 Å². The molecule has 25 heavy (non-hydrogen) atoms. The zero-order chi connectivity index (χ0) is 17.1. The van der Waals surface area contributed by atoms with E-state index in [1.54, 1.807) is 40.6 Å². The van der Waals surface area contributed by atoms with Gasteiger partial charge in [-0.2, -0.15) is 0 Å². The zero-order valence-corrected chi connectivity index (χ0v) is 14.2. The van der Waals surface area contributed by atoms with Crippen LogP contribution in [0.3, 0.4) is 0 Å². The van der Waals surface area contributed by atoms with E-state index in [1.165, 1.54) is 0 Å². The lowest BCUT2D eigenvalue weighted by molar-refractivity contribution is 0.589. The van der Waals surface area contributed by atoms with Crippen molar-refractivity contribution in [3.05, 3.63) is 88.4 Å². The van der Waals surface area contributed by atoms with Crippen LogP contribution in [0.15, 0.2) is 77.3 Å². The molecule has 0 amide bonds. The van der Waals surface area contributed by atoms with E-state index in [4.69, 9.17) is 0 Å². The van der Waals surface area contributed by atoms with Crippen LogP contribution >= 0.6 is 11.3 Å². The number of nitrogens with one attached hydrogen (secondary N) is 1. The normalized spacial score (nSPS) is 12.2. The lowest BCUT2D eigenvalue weighted by Crippen LogP contribution is -2.25. The van der Waals surface area contributed by atoms with Crippen LogP contribution in [-0.4, -0.2) is 14.5 Å². The van der Waals surface area contributed by atoms with E-state index < -0.39 is 0 Å². The smallest absolute Gasteiger partial charge is 0.250 e. The Morgan fingerprint density at radius 3 is 2.72 bits per heavy atom. The van der Waals surface area contributed by atoms with Crippen LogP contribution in [0.2, 0.25) is 0 Å². The summed E-state index contributed by atoms with van der Waals surface area (Å²) < 4.78 is 1.71. The van der Waals surface area contributed by atoms with Gasteiger partial charge in [-0.3, -0.25) is 4.79 Å². The summed E-state index contributed by atoms with van der Waals surface area (Å²) in [5, 5.41) is 6.49. The number of thiophene rings is 1. The molecular weight excluding hydrogens is 332 g/mol. The highest BCUT2D eigenvalue weighted by molar-refractivity contribution is 7.16. The van der Waals surface area contributed by atoms with Crippen molar-refractivity contribution in [3.63, 3.8) is 0 Å². The van der Waals surface area contributed by atoms with Gasteiger partial charge in [0.1, 0.15) is 17.0 Å². The molecule has 6 heteroatoms. The highest BCUT2D eigenvalue weighted by Crippen LogP contribution is 2.27. The molecule has 0 bridgehead atoms. The molecule has 0 saturated heterocycles. The summed E-state index contributed by atoms with van der Waals surface area (Å²) in [7, 11) is 0. The fourth-order valence-corrected chi connectivity index (χ4v) is 3.53. The van der Waals surface area contributed by atoms with Crippen LogP contribution in [0, 0.1) is 0 Å². The average molecular weight is 348 g/mol. The molecule has 0 fully saturated rings. The van der Waals surface area contributed by atoms with Gasteiger partial charge in [0.15, 0.2) is 0 Å². The number of anilines is 1. The van der Waals surface area contributed by atoms with Crippen LogP contribution in [0.4, 0.5) is 5.82 Å². The van der Waals surface area contributed by atoms with Gasteiger partial charge in [-0.1, -0.05) is 36.4 Å². The Morgan fingerprint density at radius 2 is 1.88 bits per heavy atom. The molecule has 4 rings (SSSR count). The van der Waals surface area contributed by atoms with Gasteiger partial charge in [-0.15, -0.1) is 11.3 Å². The van der Waals surface area contributed by atoms with E-state index in [0.29, 0.717) is 6.54 Å². The summed E-state index contributed by atoms with van der Waals surface area (Å²) in [6.07, 6.45) is 3.37. The maximum absolute atomic E-state index is 12.1. The minimum absolute atomic E-state index is 0.0198. The fourth-order valence-electron chi connectivity index (χ4n) is 2.80. The third-order valence-corrected chi connectivity index (χ3v) is 4.87. The Balaban J connectivity index is 1.72. The molecule has 1 aromatic carbocycles. The molecule has 124 valence electrons. The second-order valence-electron chi connectivity index (χ2n) is 5.66. The largest absolute Gasteiger partial charge is 0.361 e. The first-order chi connectivity index (χ1) is 12.3. The van der Waals surface area contributed by atoms with Crippen molar-refractivity contribution in [2.24, 2.45) is 0 Å². The number of rotatable bonds is 5. The topological polar surface area (TPSA) is 59.8 Å². The van der Waals surface area contributed by atoms with Gasteiger partial charge < -0.3 is 9.88 Å². The lowest BCUT2D eigenvalue weighted by atomic mass is 10.1. The molecule has 4 aromatic rings. The van der Waals surface area contributed by atoms with Gasteiger partial charge in [0, 0.05) is 12.3 Å². The van der Waals surface area contributed by atoms with Crippen LogP contribution < -0.4 is 10.9 Å². The third-order valence-electron chi connectivity index (χ3n) is 4.05. The summed E-state index contributed by atoms with van der Waals surface area (Å²) in [5.41, 5.74) is 1.08. The highest BCUT2D eigenvalue weighted by Gasteiger charge is 2.15. The highest BCUT2D eigenvalue weighted by atomic mass is 32.1. The van der Waals surface area contributed by atoms with Crippen molar-refractivity contribution in [1.82, 2.24) is 14.5 Å². The molecule has 0 aliphatic rings. The molecular formula is C19H16N4OS. The van der Waals surface area contributed by atoms with Gasteiger partial charge in [-0.05, 0) is 23.1 Å². The number of hydrogen-bond donors (Lipinski definition) is 1. The molecule has 0 aliphatic carbocycles. The molecule has 0 spiro atoms. The maximum Gasteiger partial charge on any atom is 0.250 e. The Kier molecular flexibility index (Phi) is 4.26. The van der Waals surface area contributed by atoms with Crippen LogP contribution in [0.25, 0.3) is 10.2 Å². The average Bonchev–Trinajstić information content (AvgIpc) is 3.13. The van der Waals surface area contributed by atoms with Gasteiger partial charge >= 0.3 is 0 Å². The monoisotopic (exact) mass is 348 g/mol. The number of pyridine rings is 1. The molecule has 0 aliphatic heterocycles. The van der Waals surface area contributed by atoms with Gasteiger partial charge in [0.05, 0.1) is 18.0 Å². The molecule has 0 saturated carbocycles. The first-order valence-corrected chi connectivity index (χ1v) is 8.84. The summed E-state index contributed by atoms with van der Waals surface area (Å²) in [4.78, 5) is 21.8. The predicted molar refractivity (Wildman–Crippen MR) is 101 cm³/mol. The number of benzene rings is 1. The molecule has 5 nitrogen and oxygen atoms in total. The Bertz CT molecular complexity index is 1040. The van der Waals surface area contributed by atoms with Crippen LogP contribution in [-0.2, 0) is 6.54 Å². The molecule has 1 unspecified atom stereocenters. The van der Waals surface area contributed by atoms with Crippen molar-refractivity contribution in [3.8, 4) is 0 Å². The van der Waals surface area contributed by atoms with Gasteiger partial charge in [0.25, 0.3) is 5.56 Å². The SMILES string of the molecule is O=c1ccccn1CC(Nc1ncnc2sccc12)c1ccccc1. The maximum atomic E-state index is 12.1. The number of aromatic nitrogens is 3. The number of hydrogen-bond acceptors (Lipinski definition) is 5. The number of nitrogens with zero attached hydrogens (tertiary/aromatic N) is 3. The number of fused-ring (bicyclic) bond motifs is 1. The summed E-state index contributed by atoms with van der Waals surface area (Å²) in [6.45, 7) is 0.513. The molecule has 1 N–H and O–H groups in total. The predicted octanol–water partition coefficient (Wildman–Crippen LogP) is 3.71. The van der Waals surface area contributed by atoms with Crippen molar-refractivity contribution < 1.29 is 0 Å². The Labute approximate surface area is 148 Å². The van der Waals surface area contributed by atoms with Crippen molar-refractivity contribution >= 4 is 27.4 Å². The van der Waals surface area contributed by atoms with E-state index in [9.17, 15) is 4.79 Å². The Hall–Kier alpha value is -2.99. The first kappa shape index (κ1) is 15.5. The second kappa shape index (κ2) is 6.86. The molecule has 0 radical (unpaired) electrons. The minimum Gasteiger partial charge on any atom is -0.361 e. The summed E-state index contributed by atoms with van der Waals surface area (Å²) >= 11 is 1.58. The molecule has 3 heterocycles. The zero-order valence-electron chi connectivity index (χ0n) is 13.4. The van der Waals surface area contributed by atoms with E-state index in [-0.39, 0.29) is 11.6 Å². The van der Waals surface area contributed by atoms with E-state index in [2.05, 4.69) is 27.4 Å². The third kappa shape index (κ3) is 3.29. The van der Waals surface area contributed by atoms with Crippen molar-refractivity contribution in [1.29, 1.82) is 0 Å². The first-order valence-electron chi connectivity index (χ1n) is 7.96. The van der Waals surface area contributed by atoms with E-state index in [0.717, 1.165) is 21.6 Å². The Morgan fingerprint density at radius 1 is 1.04 bits per heavy atom. The van der Waals surface area contributed by atoms with Crippen LogP contribution in [0.1, 0.15) is 11.6 Å². The van der Waals surface area contributed by atoms with Crippen molar-refractivity contribution in [2.75, 3.05) is 5.32 Å². The van der Waals surface area contributed by atoms with Crippen LogP contribution in [0.5, 0.6) is 0 Å². The molecule has 3 aromatic heterocycles. The quantitative estimate of drug-likeness (QED) is 0.597. The standard InChI is InChI=1S/C19H16N4OS/c24-17-8-4-5-10-23(17)12-16(14-6-2-1-3-7-14)22-18-15-9-11-25-19(15)21-13-20-18/h1-11,13,16H,12H2,(H,20,21,22).